The van der Waals surface area contributed by atoms with E-state index in [9.17, 15) is 0 Å². The predicted octanol–water partition coefficient (Wildman–Crippen LogP) is 3.48. The van der Waals surface area contributed by atoms with Gasteiger partial charge >= 0.3 is 0 Å². The molecule has 1 N–H and O–H groups in total. The second kappa shape index (κ2) is 4.70. The maximum absolute atomic E-state index is 3.60. The van der Waals surface area contributed by atoms with Crippen LogP contribution < -0.4 is 5.32 Å². The molecule has 0 heterocycles. The molecule has 2 aliphatic carbocycles. The lowest BCUT2D eigenvalue weighted by molar-refractivity contribution is 0.427. The highest BCUT2D eigenvalue weighted by Gasteiger charge is 2.55. The van der Waals surface area contributed by atoms with Crippen LogP contribution >= 0.6 is 0 Å². The van der Waals surface area contributed by atoms with Gasteiger partial charge in [0, 0.05) is 6.04 Å². The number of hydrogen-bond acceptors (Lipinski definition) is 1. The van der Waals surface area contributed by atoms with Gasteiger partial charge in [-0.25, -0.2) is 0 Å². The van der Waals surface area contributed by atoms with Gasteiger partial charge in [-0.1, -0.05) is 24.6 Å². The Morgan fingerprint density at radius 2 is 1.78 bits per heavy atom. The van der Waals surface area contributed by atoms with E-state index in [2.05, 4.69) is 44.4 Å². The van der Waals surface area contributed by atoms with E-state index in [1.807, 2.05) is 0 Å². The van der Waals surface area contributed by atoms with Gasteiger partial charge in [0.25, 0.3) is 0 Å². The highest BCUT2D eigenvalue weighted by molar-refractivity contribution is 5.34. The SMILES string of the molecule is CNC(Cc1c(C)cccc1C)C1C2CCCC21. The van der Waals surface area contributed by atoms with Crippen LogP contribution in [0.3, 0.4) is 0 Å². The van der Waals surface area contributed by atoms with Gasteiger partial charge in [0.1, 0.15) is 0 Å². The van der Waals surface area contributed by atoms with Crippen LogP contribution in [0.1, 0.15) is 36.0 Å². The molecule has 18 heavy (non-hydrogen) atoms. The zero-order valence-corrected chi connectivity index (χ0v) is 11.9. The molecule has 2 saturated carbocycles. The number of likely N-dealkylation sites (N-methyl/N-ethyl adjacent to an activating group) is 1. The van der Waals surface area contributed by atoms with Crippen molar-refractivity contribution >= 4 is 0 Å². The Bertz CT molecular complexity index is 407. The van der Waals surface area contributed by atoms with Gasteiger partial charge in [0.05, 0.1) is 0 Å². The van der Waals surface area contributed by atoms with Gasteiger partial charge in [-0.2, -0.15) is 0 Å². The van der Waals surface area contributed by atoms with E-state index < -0.39 is 0 Å². The number of aryl methyl sites for hydroxylation is 2. The average molecular weight is 243 g/mol. The van der Waals surface area contributed by atoms with E-state index in [0.717, 1.165) is 17.8 Å². The van der Waals surface area contributed by atoms with Crippen LogP contribution in [0.25, 0.3) is 0 Å². The Hall–Kier alpha value is -0.820. The highest BCUT2D eigenvalue weighted by Crippen LogP contribution is 2.59. The first kappa shape index (κ1) is 12.2. The number of hydrogen-bond donors (Lipinski definition) is 1. The standard InChI is InChI=1S/C17H25N/c1-11-6-4-7-12(2)15(11)10-16(18-3)17-13-8-5-9-14(13)17/h4,6-7,13-14,16-18H,5,8-10H2,1-3H3. The minimum absolute atomic E-state index is 0.695. The van der Waals surface area contributed by atoms with Crippen molar-refractivity contribution in [1.82, 2.24) is 5.32 Å². The molecule has 2 aliphatic rings. The maximum Gasteiger partial charge on any atom is 0.0138 e. The van der Waals surface area contributed by atoms with Crippen molar-refractivity contribution in [3.05, 3.63) is 34.9 Å². The Labute approximate surface area is 111 Å². The van der Waals surface area contributed by atoms with Crippen LogP contribution in [-0.4, -0.2) is 13.1 Å². The average Bonchev–Trinajstić information content (AvgIpc) is 2.83. The van der Waals surface area contributed by atoms with Crippen LogP contribution in [-0.2, 0) is 6.42 Å². The van der Waals surface area contributed by atoms with Gasteiger partial charge in [0.15, 0.2) is 0 Å². The molecule has 0 saturated heterocycles. The summed E-state index contributed by atoms with van der Waals surface area (Å²) in [5.74, 6) is 3.06. The van der Waals surface area contributed by atoms with Crippen LogP contribution in [0.4, 0.5) is 0 Å². The summed E-state index contributed by atoms with van der Waals surface area (Å²) in [5, 5.41) is 3.60. The van der Waals surface area contributed by atoms with Crippen molar-refractivity contribution in [3.63, 3.8) is 0 Å². The molecule has 1 aromatic carbocycles. The third-order valence-electron chi connectivity index (χ3n) is 5.38. The van der Waals surface area contributed by atoms with E-state index in [-0.39, 0.29) is 0 Å². The van der Waals surface area contributed by atoms with Crippen molar-refractivity contribution in [2.24, 2.45) is 17.8 Å². The van der Waals surface area contributed by atoms with Crippen molar-refractivity contribution in [3.8, 4) is 0 Å². The third kappa shape index (κ3) is 1.99. The summed E-state index contributed by atoms with van der Waals surface area (Å²) in [6.45, 7) is 4.51. The summed E-state index contributed by atoms with van der Waals surface area (Å²) in [6, 6.07) is 7.38. The second-order valence-corrected chi connectivity index (χ2v) is 6.31. The summed E-state index contributed by atoms with van der Waals surface area (Å²) in [7, 11) is 2.15. The van der Waals surface area contributed by atoms with Crippen LogP contribution in [0.5, 0.6) is 0 Å². The summed E-state index contributed by atoms with van der Waals surface area (Å²) < 4.78 is 0. The Morgan fingerprint density at radius 3 is 2.33 bits per heavy atom. The lowest BCUT2D eigenvalue weighted by atomic mass is 9.92. The molecule has 1 aromatic rings. The van der Waals surface area contributed by atoms with Crippen molar-refractivity contribution < 1.29 is 0 Å². The Kier molecular flexibility index (Phi) is 3.19. The fourth-order valence-corrected chi connectivity index (χ4v) is 4.30. The summed E-state index contributed by atoms with van der Waals surface area (Å²) in [5.41, 5.74) is 4.49. The topological polar surface area (TPSA) is 12.0 Å². The smallest absolute Gasteiger partial charge is 0.0138 e. The predicted molar refractivity (Wildman–Crippen MR) is 76.8 cm³/mol. The lowest BCUT2D eigenvalue weighted by Gasteiger charge is -2.20. The summed E-state index contributed by atoms with van der Waals surface area (Å²) >= 11 is 0. The first-order valence-electron chi connectivity index (χ1n) is 7.44. The molecule has 2 fully saturated rings. The zero-order chi connectivity index (χ0) is 12.7. The van der Waals surface area contributed by atoms with Crippen LogP contribution in [0.15, 0.2) is 18.2 Å². The molecule has 0 bridgehead atoms. The molecule has 0 aliphatic heterocycles. The van der Waals surface area contributed by atoms with E-state index in [1.165, 1.54) is 36.8 Å². The van der Waals surface area contributed by atoms with Gasteiger partial charge in [0.2, 0.25) is 0 Å². The third-order valence-corrected chi connectivity index (χ3v) is 5.38. The molecule has 0 spiro atoms. The Balaban J connectivity index is 1.74. The van der Waals surface area contributed by atoms with E-state index in [1.54, 1.807) is 5.56 Å². The Morgan fingerprint density at radius 1 is 1.17 bits per heavy atom. The monoisotopic (exact) mass is 243 g/mol. The van der Waals surface area contributed by atoms with Crippen molar-refractivity contribution in [2.75, 3.05) is 7.05 Å². The van der Waals surface area contributed by atoms with Gasteiger partial charge in [-0.15, -0.1) is 0 Å². The second-order valence-electron chi connectivity index (χ2n) is 6.31. The zero-order valence-electron chi connectivity index (χ0n) is 11.9. The van der Waals surface area contributed by atoms with E-state index in [4.69, 9.17) is 0 Å². The van der Waals surface area contributed by atoms with E-state index >= 15 is 0 Å². The van der Waals surface area contributed by atoms with Crippen LogP contribution in [0, 0.1) is 31.6 Å². The fourth-order valence-electron chi connectivity index (χ4n) is 4.30. The molecule has 3 unspecified atom stereocenters. The number of nitrogens with one attached hydrogen (secondary N) is 1. The van der Waals surface area contributed by atoms with Crippen molar-refractivity contribution in [2.45, 2.75) is 45.6 Å². The minimum atomic E-state index is 0.695. The molecular formula is C17H25N. The van der Waals surface area contributed by atoms with Gasteiger partial charge in [-0.05, 0) is 74.6 Å². The van der Waals surface area contributed by atoms with E-state index in [0.29, 0.717) is 6.04 Å². The molecule has 3 atom stereocenters. The quantitative estimate of drug-likeness (QED) is 0.853. The molecule has 98 valence electrons. The molecule has 1 heteroatoms. The van der Waals surface area contributed by atoms with Gasteiger partial charge in [-0.3, -0.25) is 0 Å². The molecule has 0 amide bonds. The minimum Gasteiger partial charge on any atom is -0.316 e. The summed E-state index contributed by atoms with van der Waals surface area (Å²) in [6.07, 6.45) is 5.67. The molecule has 0 aromatic heterocycles. The number of rotatable bonds is 4. The lowest BCUT2D eigenvalue weighted by Crippen LogP contribution is -2.32. The van der Waals surface area contributed by atoms with Crippen molar-refractivity contribution in [1.29, 1.82) is 0 Å². The largest absolute Gasteiger partial charge is 0.316 e. The first-order chi connectivity index (χ1) is 8.72. The molecule has 1 nitrogen and oxygen atoms in total. The van der Waals surface area contributed by atoms with Crippen LogP contribution in [0.2, 0.25) is 0 Å². The molecule has 3 rings (SSSR count). The number of benzene rings is 1. The normalized spacial score (nSPS) is 31.2. The first-order valence-corrected chi connectivity index (χ1v) is 7.44. The molecular weight excluding hydrogens is 218 g/mol. The van der Waals surface area contributed by atoms with Gasteiger partial charge < -0.3 is 5.32 Å². The fraction of sp³-hybridized carbons (Fsp3) is 0.647. The highest BCUT2D eigenvalue weighted by atomic mass is 14.9. The summed E-state index contributed by atoms with van der Waals surface area (Å²) in [4.78, 5) is 0. The maximum atomic E-state index is 3.60. The molecule has 0 radical (unpaired) electrons. The number of fused-ring (bicyclic) bond motifs is 1.